The van der Waals surface area contributed by atoms with E-state index in [0.717, 1.165) is 29.3 Å². The summed E-state index contributed by atoms with van der Waals surface area (Å²) in [6.45, 7) is 2.60. The lowest BCUT2D eigenvalue weighted by atomic mass is 10.1. The van der Waals surface area contributed by atoms with Gasteiger partial charge in [-0.3, -0.25) is 9.59 Å². The molecule has 1 fully saturated rings. The minimum atomic E-state index is -0.0445. The summed E-state index contributed by atoms with van der Waals surface area (Å²) in [5, 5.41) is 12.3. The quantitative estimate of drug-likeness (QED) is 0.804. The molecule has 0 saturated carbocycles. The molecule has 8 heteroatoms. The summed E-state index contributed by atoms with van der Waals surface area (Å²) in [4.78, 5) is 26.0. The van der Waals surface area contributed by atoms with Gasteiger partial charge >= 0.3 is 0 Å². The van der Waals surface area contributed by atoms with Gasteiger partial charge in [0.1, 0.15) is 10.8 Å². The van der Waals surface area contributed by atoms with Gasteiger partial charge in [-0.1, -0.05) is 24.7 Å². The van der Waals surface area contributed by atoms with Gasteiger partial charge in [-0.2, -0.15) is 0 Å². The van der Waals surface area contributed by atoms with Crippen LogP contribution in [-0.4, -0.2) is 35.7 Å². The van der Waals surface area contributed by atoms with E-state index in [4.69, 9.17) is 4.74 Å². The van der Waals surface area contributed by atoms with Crippen molar-refractivity contribution < 1.29 is 14.3 Å². The van der Waals surface area contributed by atoms with Crippen LogP contribution in [0.1, 0.15) is 43.5 Å². The molecule has 1 aliphatic heterocycles. The third kappa shape index (κ3) is 4.19. The number of rotatable bonds is 7. The smallest absolute Gasteiger partial charge is 0.227 e. The zero-order valence-corrected chi connectivity index (χ0v) is 15.7. The van der Waals surface area contributed by atoms with Gasteiger partial charge < -0.3 is 15.0 Å². The van der Waals surface area contributed by atoms with Crippen LogP contribution in [0.2, 0.25) is 0 Å². The molecule has 1 saturated heterocycles. The van der Waals surface area contributed by atoms with Gasteiger partial charge in [0.2, 0.25) is 16.9 Å². The lowest BCUT2D eigenvalue weighted by molar-refractivity contribution is -0.117. The third-order valence-corrected chi connectivity index (χ3v) is 5.30. The summed E-state index contributed by atoms with van der Waals surface area (Å²) < 4.78 is 5.15. The van der Waals surface area contributed by atoms with Crippen LogP contribution in [0.3, 0.4) is 0 Å². The van der Waals surface area contributed by atoms with E-state index in [1.54, 1.807) is 12.0 Å². The van der Waals surface area contributed by atoms with Crippen molar-refractivity contribution in [1.29, 1.82) is 0 Å². The summed E-state index contributed by atoms with van der Waals surface area (Å²) >= 11 is 1.34. The van der Waals surface area contributed by atoms with E-state index in [-0.39, 0.29) is 17.7 Å². The largest absolute Gasteiger partial charge is 0.497 e. The highest BCUT2D eigenvalue weighted by atomic mass is 32.1. The van der Waals surface area contributed by atoms with Crippen LogP contribution in [-0.2, 0) is 9.59 Å². The fourth-order valence-electron chi connectivity index (χ4n) is 2.85. The van der Waals surface area contributed by atoms with Gasteiger partial charge in [-0.25, -0.2) is 0 Å². The predicted molar refractivity (Wildman–Crippen MR) is 101 cm³/mol. The Morgan fingerprint density at radius 1 is 1.35 bits per heavy atom. The van der Waals surface area contributed by atoms with Crippen LogP contribution in [0.4, 0.5) is 10.8 Å². The van der Waals surface area contributed by atoms with Gasteiger partial charge in [-0.15, -0.1) is 10.2 Å². The van der Waals surface area contributed by atoms with E-state index in [9.17, 15) is 9.59 Å². The number of anilines is 2. The molecule has 2 aromatic rings. The van der Waals surface area contributed by atoms with Gasteiger partial charge in [-0.05, 0) is 30.7 Å². The maximum atomic E-state index is 12.4. The topological polar surface area (TPSA) is 84.4 Å². The van der Waals surface area contributed by atoms with Crippen LogP contribution < -0.4 is 15.0 Å². The first kappa shape index (κ1) is 18.3. The number of carbonyl (C=O) groups excluding carboxylic acids is 2. The highest BCUT2D eigenvalue weighted by Gasteiger charge is 2.34. The van der Waals surface area contributed by atoms with Crippen LogP contribution in [0.15, 0.2) is 24.3 Å². The van der Waals surface area contributed by atoms with Crippen LogP contribution in [0.25, 0.3) is 0 Å². The molecule has 2 amide bonds. The number of aromatic nitrogens is 2. The van der Waals surface area contributed by atoms with E-state index in [1.165, 1.54) is 11.3 Å². The number of nitrogens with zero attached hydrogens (tertiary/aromatic N) is 3. The van der Waals surface area contributed by atoms with E-state index in [1.807, 2.05) is 31.2 Å². The zero-order valence-electron chi connectivity index (χ0n) is 14.9. The molecule has 1 unspecified atom stereocenters. The van der Waals surface area contributed by atoms with E-state index >= 15 is 0 Å². The highest BCUT2D eigenvalue weighted by molar-refractivity contribution is 7.15. The van der Waals surface area contributed by atoms with Crippen LogP contribution in [0.5, 0.6) is 5.75 Å². The maximum absolute atomic E-state index is 12.4. The Morgan fingerprint density at radius 3 is 2.81 bits per heavy atom. The van der Waals surface area contributed by atoms with Crippen molar-refractivity contribution in [2.24, 2.45) is 0 Å². The third-order valence-electron chi connectivity index (χ3n) is 4.30. The fraction of sp³-hybridized carbons (Fsp3) is 0.444. The van der Waals surface area contributed by atoms with Gasteiger partial charge in [0.25, 0.3) is 0 Å². The monoisotopic (exact) mass is 374 g/mol. The number of hydrogen-bond donors (Lipinski definition) is 1. The van der Waals surface area contributed by atoms with Crippen molar-refractivity contribution in [2.75, 3.05) is 23.9 Å². The molecule has 1 atom stereocenters. The van der Waals surface area contributed by atoms with Crippen LogP contribution >= 0.6 is 11.3 Å². The summed E-state index contributed by atoms with van der Waals surface area (Å²) in [6, 6.07) is 7.42. The first-order chi connectivity index (χ1) is 12.6. The SMILES string of the molecule is CCCCC(=O)Nc1nnc(C2CC(=O)N(c3ccc(OC)cc3)C2)s1. The summed E-state index contributed by atoms with van der Waals surface area (Å²) in [6.07, 6.45) is 2.70. The number of ether oxygens (including phenoxy) is 1. The lowest BCUT2D eigenvalue weighted by Gasteiger charge is -2.16. The molecule has 7 nitrogen and oxygen atoms in total. The maximum Gasteiger partial charge on any atom is 0.227 e. The van der Waals surface area contributed by atoms with Crippen molar-refractivity contribution in [1.82, 2.24) is 10.2 Å². The predicted octanol–water partition coefficient (Wildman–Crippen LogP) is 3.20. The number of hydrogen-bond acceptors (Lipinski definition) is 6. The average molecular weight is 374 g/mol. The molecule has 1 aromatic carbocycles. The van der Waals surface area contributed by atoms with Crippen molar-refractivity contribution >= 4 is 34.0 Å². The Morgan fingerprint density at radius 2 is 2.12 bits per heavy atom. The molecular weight excluding hydrogens is 352 g/mol. The number of nitrogens with one attached hydrogen (secondary N) is 1. The molecule has 0 bridgehead atoms. The Kier molecular flexibility index (Phi) is 5.82. The molecule has 1 N–H and O–H groups in total. The molecule has 1 aromatic heterocycles. The normalized spacial score (nSPS) is 16.8. The number of methoxy groups -OCH3 is 1. The van der Waals surface area contributed by atoms with Gasteiger partial charge in [0.15, 0.2) is 0 Å². The van der Waals surface area contributed by atoms with Crippen molar-refractivity contribution in [3.8, 4) is 5.75 Å². The average Bonchev–Trinajstić information content (AvgIpc) is 3.26. The standard InChI is InChI=1S/C18H22N4O3S/c1-3-4-5-15(23)19-18-21-20-17(26-18)12-10-16(24)22(11-12)13-6-8-14(25-2)9-7-13/h6-9,12H,3-5,10-11H2,1-2H3,(H,19,21,23). The number of amides is 2. The molecule has 0 spiro atoms. The molecule has 26 heavy (non-hydrogen) atoms. The van der Waals surface area contributed by atoms with Gasteiger partial charge in [0, 0.05) is 31.0 Å². The summed E-state index contributed by atoms with van der Waals surface area (Å²) in [5.74, 6) is 0.758. The first-order valence-electron chi connectivity index (χ1n) is 8.68. The van der Waals surface area contributed by atoms with E-state index < -0.39 is 0 Å². The number of unbranched alkanes of at least 4 members (excludes halogenated alkanes) is 1. The second-order valence-corrected chi connectivity index (χ2v) is 7.21. The van der Waals surface area contributed by atoms with Crippen LogP contribution in [0, 0.1) is 0 Å². The second-order valence-electron chi connectivity index (χ2n) is 6.20. The zero-order chi connectivity index (χ0) is 18.5. The van der Waals surface area contributed by atoms with Crippen molar-refractivity contribution in [3.63, 3.8) is 0 Å². The Labute approximate surface area is 156 Å². The Balaban J connectivity index is 1.64. The Bertz CT molecular complexity index is 775. The minimum absolute atomic E-state index is 0.0107. The van der Waals surface area contributed by atoms with Crippen molar-refractivity contribution in [2.45, 2.75) is 38.5 Å². The highest BCUT2D eigenvalue weighted by Crippen LogP contribution is 2.34. The van der Waals surface area contributed by atoms with E-state index in [2.05, 4.69) is 15.5 Å². The molecule has 2 heterocycles. The molecule has 0 aliphatic carbocycles. The minimum Gasteiger partial charge on any atom is -0.497 e. The number of benzene rings is 1. The van der Waals surface area contributed by atoms with Crippen molar-refractivity contribution in [3.05, 3.63) is 29.3 Å². The summed E-state index contributed by atoms with van der Waals surface area (Å²) in [5.41, 5.74) is 0.843. The molecular formula is C18H22N4O3S. The molecule has 138 valence electrons. The van der Waals surface area contributed by atoms with Gasteiger partial charge in [0.05, 0.1) is 7.11 Å². The first-order valence-corrected chi connectivity index (χ1v) is 9.50. The lowest BCUT2D eigenvalue weighted by Crippen LogP contribution is -2.24. The number of carbonyl (C=O) groups is 2. The summed E-state index contributed by atoms with van der Waals surface area (Å²) in [7, 11) is 1.61. The van der Waals surface area contributed by atoms with E-state index in [0.29, 0.717) is 24.5 Å². The second kappa shape index (κ2) is 8.27. The molecule has 0 radical (unpaired) electrons. The molecule has 1 aliphatic rings. The molecule has 3 rings (SSSR count). The Hall–Kier alpha value is -2.48. The fourth-order valence-corrected chi connectivity index (χ4v) is 3.70.